The summed E-state index contributed by atoms with van der Waals surface area (Å²) >= 11 is 0. The number of aliphatic hydroxyl groups is 1. The van der Waals surface area contributed by atoms with E-state index in [2.05, 4.69) is 5.32 Å². The van der Waals surface area contributed by atoms with E-state index in [1.165, 1.54) is 12.1 Å². The molecule has 94 valence electrons. The third-order valence-corrected chi connectivity index (χ3v) is 3.08. The van der Waals surface area contributed by atoms with Crippen molar-refractivity contribution in [2.45, 2.75) is 25.0 Å². The summed E-state index contributed by atoms with van der Waals surface area (Å²) in [6.45, 7) is 2.06. The summed E-state index contributed by atoms with van der Waals surface area (Å²) in [5, 5.41) is 13.2. The highest BCUT2D eigenvalue weighted by Crippen LogP contribution is 2.14. The summed E-state index contributed by atoms with van der Waals surface area (Å²) in [5.41, 5.74) is 0.742. The first-order chi connectivity index (χ1) is 8.25. The van der Waals surface area contributed by atoms with E-state index in [-0.39, 0.29) is 5.82 Å². The van der Waals surface area contributed by atoms with E-state index in [4.69, 9.17) is 4.74 Å². The van der Waals surface area contributed by atoms with Crippen LogP contribution in [0.2, 0.25) is 0 Å². The molecule has 1 saturated heterocycles. The summed E-state index contributed by atoms with van der Waals surface area (Å²) in [6, 6.07) is 6.39. The first-order valence-corrected chi connectivity index (χ1v) is 6.00. The Kier molecular flexibility index (Phi) is 4.48. The van der Waals surface area contributed by atoms with Crippen molar-refractivity contribution in [1.82, 2.24) is 5.32 Å². The van der Waals surface area contributed by atoms with Gasteiger partial charge in [0.1, 0.15) is 5.82 Å². The molecule has 1 aromatic carbocycles. The largest absolute Gasteiger partial charge is 0.387 e. The lowest BCUT2D eigenvalue weighted by Gasteiger charge is -2.24. The number of nitrogens with one attached hydrogen (secondary N) is 1. The smallest absolute Gasteiger partial charge is 0.123 e. The number of ether oxygens (including phenoxy) is 1. The third-order valence-electron chi connectivity index (χ3n) is 3.08. The van der Waals surface area contributed by atoms with Crippen molar-refractivity contribution in [2.75, 3.05) is 19.8 Å². The summed E-state index contributed by atoms with van der Waals surface area (Å²) in [7, 11) is 0. The highest BCUT2D eigenvalue weighted by Gasteiger charge is 2.15. The fourth-order valence-corrected chi connectivity index (χ4v) is 1.98. The molecule has 1 aliphatic rings. The molecule has 1 heterocycles. The SMILES string of the molecule is O[C@H](CNC1CCOCC1)c1ccc(F)cc1. The number of rotatable bonds is 4. The first-order valence-electron chi connectivity index (χ1n) is 6.00. The lowest BCUT2D eigenvalue weighted by atomic mass is 10.1. The zero-order valence-electron chi connectivity index (χ0n) is 9.73. The van der Waals surface area contributed by atoms with Crippen LogP contribution in [-0.4, -0.2) is 30.9 Å². The standard InChI is InChI=1S/C13H18FNO2/c14-11-3-1-10(2-4-11)13(16)9-15-12-5-7-17-8-6-12/h1-4,12-13,15-16H,5-9H2/t13-/m1/s1. The number of halogens is 1. The van der Waals surface area contributed by atoms with Gasteiger partial charge in [-0.2, -0.15) is 0 Å². The van der Waals surface area contributed by atoms with Crippen LogP contribution in [0.4, 0.5) is 4.39 Å². The van der Waals surface area contributed by atoms with Crippen molar-refractivity contribution in [3.63, 3.8) is 0 Å². The third kappa shape index (κ3) is 3.77. The molecule has 0 spiro atoms. The van der Waals surface area contributed by atoms with Gasteiger partial charge < -0.3 is 15.2 Å². The van der Waals surface area contributed by atoms with Gasteiger partial charge in [0.15, 0.2) is 0 Å². The number of benzene rings is 1. The Morgan fingerprint density at radius 3 is 2.59 bits per heavy atom. The molecular formula is C13H18FNO2. The summed E-state index contributed by atoms with van der Waals surface area (Å²) < 4.78 is 18.0. The van der Waals surface area contributed by atoms with Crippen LogP contribution >= 0.6 is 0 Å². The van der Waals surface area contributed by atoms with Crippen LogP contribution in [0.25, 0.3) is 0 Å². The van der Waals surface area contributed by atoms with Gasteiger partial charge in [-0.25, -0.2) is 4.39 Å². The fourth-order valence-electron chi connectivity index (χ4n) is 1.98. The Hall–Kier alpha value is -0.970. The predicted octanol–water partition coefficient (Wildman–Crippen LogP) is 1.63. The molecule has 1 fully saturated rings. The van der Waals surface area contributed by atoms with E-state index in [0.717, 1.165) is 31.6 Å². The molecule has 3 nitrogen and oxygen atoms in total. The maximum Gasteiger partial charge on any atom is 0.123 e. The van der Waals surface area contributed by atoms with Gasteiger partial charge in [0.25, 0.3) is 0 Å². The lowest BCUT2D eigenvalue weighted by Crippen LogP contribution is -2.37. The van der Waals surface area contributed by atoms with Crippen LogP contribution in [0, 0.1) is 5.82 Å². The number of hydrogen-bond donors (Lipinski definition) is 2. The minimum absolute atomic E-state index is 0.279. The van der Waals surface area contributed by atoms with E-state index in [1.54, 1.807) is 12.1 Å². The summed E-state index contributed by atoms with van der Waals surface area (Å²) in [6.07, 6.45) is 1.38. The second-order valence-corrected chi connectivity index (χ2v) is 4.36. The van der Waals surface area contributed by atoms with Gasteiger partial charge in [-0.15, -0.1) is 0 Å². The highest BCUT2D eigenvalue weighted by atomic mass is 19.1. The molecule has 0 aromatic heterocycles. The maximum atomic E-state index is 12.7. The number of hydrogen-bond acceptors (Lipinski definition) is 3. The minimum Gasteiger partial charge on any atom is -0.387 e. The molecule has 2 rings (SSSR count). The quantitative estimate of drug-likeness (QED) is 0.839. The lowest BCUT2D eigenvalue weighted by molar-refractivity contribution is 0.0724. The first kappa shape index (κ1) is 12.5. The Morgan fingerprint density at radius 1 is 1.29 bits per heavy atom. The second kappa shape index (κ2) is 6.10. The van der Waals surface area contributed by atoms with Gasteiger partial charge in [-0.1, -0.05) is 12.1 Å². The average molecular weight is 239 g/mol. The van der Waals surface area contributed by atoms with Crippen LogP contribution < -0.4 is 5.32 Å². The van der Waals surface area contributed by atoms with E-state index in [9.17, 15) is 9.50 Å². The van der Waals surface area contributed by atoms with Gasteiger partial charge in [-0.3, -0.25) is 0 Å². The molecule has 1 atom stereocenters. The zero-order chi connectivity index (χ0) is 12.1. The van der Waals surface area contributed by atoms with Gasteiger partial charge in [0.05, 0.1) is 6.10 Å². The molecule has 17 heavy (non-hydrogen) atoms. The normalized spacial score (nSPS) is 19.2. The molecule has 0 unspecified atom stereocenters. The second-order valence-electron chi connectivity index (χ2n) is 4.36. The van der Waals surface area contributed by atoms with Gasteiger partial charge in [0.2, 0.25) is 0 Å². The predicted molar refractivity (Wildman–Crippen MR) is 63.2 cm³/mol. The Bertz CT molecular complexity index is 336. The van der Waals surface area contributed by atoms with Crippen LogP contribution in [-0.2, 0) is 4.74 Å². The maximum absolute atomic E-state index is 12.7. The zero-order valence-corrected chi connectivity index (χ0v) is 9.73. The summed E-state index contributed by atoms with van der Waals surface area (Å²) in [4.78, 5) is 0. The van der Waals surface area contributed by atoms with Crippen molar-refractivity contribution in [3.8, 4) is 0 Å². The van der Waals surface area contributed by atoms with E-state index in [0.29, 0.717) is 12.6 Å². The Morgan fingerprint density at radius 2 is 1.94 bits per heavy atom. The van der Waals surface area contributed by atoms with Gasteiger partial charge in [-0.05, 0) is 30.5 Å². The molecule has 0 bridgehead atoms. The molecule has 4 heteroatoms. The van der Waals surface area contributed by atoms with E-state index < -0.39 is 6.10 Å². The van der Waals surface area contributed by atoms with Crippen LogP contribution in [0.3, 0.4) is 0 Å². The summed E-state index contributed by atoms with van der Waals surface area (Å²) in [5.74, 6) is -0.279. The van der Waals surface area contributed by atoms with Crippen molar-refractivity contribution < 1.29 is 14.2 Å². The molecule has 1 aromatic rings. The van der Waals surface area contributed by atoms with Gasteiger partial charge in [0, 0.05) is 25.8 Å². The molecule has 0 radical (unpaired) electrons. The van der Waals surface area contributed by atoms with Crippen molar-refractivity contribution in [1.29, 1.82) is 0 Å². The average Bonchev–Trinajstić information content (AvgIpc) is 2.38. The fraction of sp³-hybridized carbons (Fsp3) is 0.538. The molecule has 0 amide bonds. The number of aliphatic hydroxyl groups excluding tert-OH is 1. The van der Waals surface area contributed by atoms with Crippen LogP contribution in [0.15, 0.2) is 24.3 Å². The Labute approximate surface area is 101 Å². The Balaban J connectivity index is 1.80. The molecule has 0 saturated carbocycles. The highest BCUT2D eigenvalue weighted by molar-refractivity contribution is 5.18. The topological polar surface area (TPSA) is 41.5 Å². The molecule has 2 N–H and O–H groups in total. The van der Waals surface area contributed by atoms with E-state index in [1.807, 2.05) is 0 Å². The molecule has 0 aliphatic carbocycles. The van der Waals surface area contributed by atoms with Crippen molar-refractivity contribution in [3.05, 3.63) is 35.6 Å². The van der Waals surface area contributed by atoms with E-state index >= 15 is 0 Å². The monoisotopic (exact) mass is 239 g/mol. The van der Waals surface area contributed by atoms with Crippen LogP contribution in [0.5, 0.6) is 0 Å². The van der Waals surface area contributed by atoms with Crippen molar-refractivity contribution in [2.24, 2.45) is 0 Å². The van der Waals surface area contributed by atoms with Crippen LogP contribution in [0.1, 0.15) is 24.5 Å². The molecular weight excluding hydrogens is 221 g/mol. The molecule has 1 aliphatic heterocycles. The van der Waals surface area contributed by atoms with Crippen molar-refractivity contribution >= 4 is 0 Å². The minimum atomic E-state index is -0.585. The van der Waals surface area contributed by atoms with Gasteiger partial charge >= 0.3 is 0 Å².